The van der Waals surface area contributed by atoms with Crippen molar-refractivity contribution in [3.63, 3.8) is 0 Å². The predicted molar refractivity (Wildman–Crippen MR) is 62.2 cm³/mol. The van der Waals surface area contributed by atoms with Gasteiger partial charge in [0.1, 0.15) is 24.4 Å². The van der Waals surface area contributed by atoms with E-state index in [-0.39, 0.29) is 12.2 Å². The summed E-state index contributed by atoms with van der Waals surface area (Å²) in [6, 6.07) is 9.70. The van der Waals surface area contributed by atoms with Crippen LogP contribution in [0.3, 0.4) is 0 Å². The molecule has 94 valence electrons. The molecule has 6 heteroatoms. The summed E-state index contributed by atoms with van der Waals surface area (Å²) in [5.74, 6) is 0. The molecule has 0 aromatic heterocycles. The fourth-order valence-corrected chi connectivity index (χ4v) is 2.75. The van der Waals surface area contributed by atoms with Gasteiger partial charge in [-0.25, -0.2) is 0 Å². The number of fused-ring (bicyclic) bond motifs is 6. The van der Waals surface area contributed by atoms with Gasteiger partial charge in [-0.3, -0.25) is 0 Å². The van der Waals surface area contributed by atoms with E-state index in [0.29, 0.717) is 6.61 Å². The Morgan fingerprint density at radius 1 is 1.11 bits per heavy atom. The summed E-state index contributed by atoms with van der Waals surface area (Å²) in [4.78, 5) is 0. The van der Waals surface area contributed by atoms with E-state index in [0.717, 1.165) is 5.46 Å². The molecule has 1 aromatic rings. The first-order chi connectivity index (χ1) is 8.83. The number of aliphatic hydroxyl groups excluding tert-OH is 1. The molecule has 18 heavy (non-hydrogen) atoms. The zero-order valence-corrected chi connectivity index (χ0v) is 9.64. The molecule has 3 heterocycles. The fraction of sp³-hybridized carbons (Fsp3) is 0.500. The minimum absolute atomic E-state index is 0.198. The molecule has 0 unspecified atom stereocenters. The summed E-state index contributed by atoms with van der Waals surface area (Å²) in [6.07, 6.45) is -2.22. The molecule has 0 aliphatic carbocycles. The second kappa shape index (κ2) is 4.04. The van der Waals surface area contributed by atoms with E-state index in [1.807, 2.05) is 30.3 Å². The van der Waals surface area contributed by atoms with Crippen molar-refractivity contribution < 1.29 is 23.9 Å². The second-order valence-corrected chi connectivity index (χ2v) is 4.81. The van der Waals surface area contributed by atoms with Gasteiger partial charge in [-0.15, -0.1) is 0 Å². The highest BCUT2D eigenvalue weighted by molar-refractivity contribution is 6.61. The molecule has 0 radical (unpaired) electrons. The van der Waals surface area contributed by atoms with E-state index < -0.39 is 25.6 Å². The van der Waals surface area contributed by atoms with Crippen molar-refractivity contribution in [2.45, 2.75) is 30.7 Å². The normalized spacial score (nSPS) is 42.1. The van der Waals surface area contributed by atoms with Crippen LogP contribution >= 0.6 is 0 Å². The van der Waals surface area contributed by atoms with Crippen molar-refractivity contribution in [1.29, 1.82) is 0 Å². The highest BCUT2D eigenvalue weighted by atomic mass is 16.8. The molecule has 0 spiro atoms. The van der Waals surface area contributed by atoms with E-state index in [2.05, 4.69) is 0 Å². The van der Waals surface area contributed by atoms with Gasteiger partial charge in [0.2, 0.25) is 0 Å². The average Bonchev–Trinajstić information content (AvgIpc) is 2.85. The molecule has 3 aliphatic rings. The minimum Gasteiger partial charge on any atom is -0.399 e. The van der Waals surface area contributed by atoms with Crippen molar-refractivity contribution in [1.82, 2.24) is 0 Å². The zero-order chi connectivity index (χ0) is 12.1. The van der Waals surface area contributed by atoms with Crippen molar-refractivity contribution in [2.24, 2.45) is 0 Å². The summed E-state index contributed by atoms with van der Waals surface area (Å²) in [6.45, 7) is 0.452. The lowest BCUT2D eigenvalue weighted by Gasteiger charge is -2.44. The van der Waals surface area contributed by atoms with Crippen LogP contribution in [0.5, 0.6) is 0 Å². The SMILES string of the molecule is O[C@@H]1[C@H]2OB(c3ccccc3)O[C@@H]1[C@H]1CO[C@@H]2O1. The molecule has 3 aliphatic heterocycles. The standard InChI is InChI=1S/C12H13BO5/c14-9-10-8-6-15-12(16-8)11(9)18-13(17-10)7-4-2-1-3-5-7/h1-5,8-12,14H,6H2/t8-,9+,10-,11-,12-/m1/s1. The number of ether oxygens (including phenoxy) is 2. The maximum absolute atomic E-state index is 10.1. The maximum atomic E-state index is 10.1. The molecule has 3 saturated heterocycles. The van der Waals surface area contributed by atoms with Gasteiger partial charge in [0.15, 0.2) is 6.29 Å². The molecule has 5 nitrogen and oxygen atoms in total. The first-order valence-electron chi connectivity index (χ1n) is 6.14. The smallest absolute Gasteiger partial charge is 0.399 e. The van der Waals surface area contributed by atoms with Gasteiger partial charge in [-0.05, 0) is 5.46 Å². The topological polar surface area (TPSA) is 57.2 Å². The van der Waals surface area contributed by atoms with E-state index in [9.17, 15) is 5.11 Å². The van der Waals surface area contributed by atoms with Crippen molar-refractivity contribution >= 4 is 12.6 Å². The average molecular weight is 248 g/mol. The maximum Gasteiger partial charge on any atom is 0.494 e. The van der Waals surface area contributed by atoms with Gasteiger partial charge in [0.05, 0.1) is 6.61 Å². The quantitative estimate of drug-likeness (QED) is 0.665. The van der Waals surface area contributed by atoms with Gasteiger partial charge >= 0.3 is 7.12 Å². The summed E-state index contributed by atoms with van der Waals surface area (Å²) in [7, 11) is -0.458. The van der Waals surface area contributed by atoms with E-state index in [4.69, 9.17) is 18.8 Å². The number of hydrogen-bond donors (Lipinski definition) is 1. The minimum atomic E-state index is -0.684. The Balaban J connectivity index is 1.64. The second-order valence-electron chi connectivity index (χ2n) is 4.81. The Morgan fingerprint density at radius 3 is 2.72 bits per heavy atom. The Kier molecular flexibility index (Phi) is 2.46. The van der Waals surface area contributed by atoms with Gasteiger partial charge < -0.3 is 23.9 Å². The van der Waals surface area contributed by atoms with Gasteiger partial charge in [0.25, 0.3) is 0 Å². The van der Waals surface area contributed by atoms with Gasteiger partial charge in [-0.1, -0.05) is 30.3 Å². The summed E-state index contributed by atoms with van der Waals surface area (Å²) in [5, 5.41) is 10.1. The predicted octanol–water partition coefficient (Wildman–Crippen LogP) is -0.718. The summed E-state index contributed by atoms with van der Waals surface area (Å²) < 4.78 is 22.6. The molecule has 4 rings (SSSR count). The molecule has 4 bridgehead atoms. The van der Waals surface area contributed by atoms with Crippen LogP contribution in [0.25, 0.3) is 0 Å². The lowest BCUT2D eigenvalue weighted by molar-refractivity contribution is -0.243. The van der Waals surface area contributed by atoms with Gasteiger partial charge in [-0.2, -0.15) is 0 Å². The van der Waals surface area contributed by atoms with E-state index >= 15 is 0 Å². The Morgan fingerprint density at radius 2 is 1.89 bits per heavy atom. The van der Waals surface area contributed by atoms with Crippen molar-refractivity contribution in [2.75, 3.05) is 6.61 Å². The number of rotatable bonds is 1. The monoisotopic (exact) mass is 248 g/mol. The van der Waals surface area contributed by atoms with E-state index in [1.54, 1.807) is 0 Å². The first kappa shape index (κ1) is 11.0. The summed E-state index contributed by atoms with van der Waals surface area (Å²) >= 11 is 0. The molecule has 0 saturated carbocycles. The van der Waals surface area contributed by atoms with Crippen LogP contribution < -0.4 is 5.46 Å². The van der Waals surface area contributed by atoms with Crippen LogP contribution in [0.4, 0.5) is 0 Å². The molecule has 0 amide bonds. The Labute approximate surface area is 105 Å². The third-order valence-electron chi connectivity index (χ3n) is 3.67. The molecular weight excluding hydrogens is 235 g/mol. The lowest BCUT2D eigenvalue weighted by Crippen LogP contribution is -2.65. The highest BCUT2D eigenvalue weighted by Gasteiger charge is 2.56. The molecular formula is C12H13BO5. The van der Waals surface area contributed by atoms with Crippen LogP contribution in [-0.4, -0.2) is 49.5 Å². The van der Waals surface area contributed by atoms with Crippen LogP contribution in [0.15, 0.2) is 30.3 Å². The third-order valence-corrected chi connectivity index (χ3v) is 3.67. The Hall–Kier alpha value is -0.915. The first-order valence-corrected chi connectivity index (χ1v) is 6.14. The molecule has 1 N–H and O–H groups in total. The third kappa shape index (κ3) is 1.54. The fourth-order valence-electron chi connectivity index (χ4n) is 2.75. The number of benzene rings is 1. The van der Waals surface area contributed by atoms with Crippen LogP contribution in [0.1, 0.15) is 0 Å². The summed E-state index contributed by atoms with van der Waals surface area (Å²) in [5.41, 5.74) is 0.945. The van der Waals surface area contributed by atoms with E-state index in [1.165, 1.54) is 0 Å². The van der Waals surface area contributed by atoms with Crippen LogP contribution in [0.2, 0.25) is 0 Å². The molecule has 1 aromatic carbocycles. The lowest BCUT2D eigenvalue weighted by atomic mass is 9.75. The van der Waals surface area contributed by atoms with Crippen molar-refractivity contribution in [3.05, 3.63) is 30.3 Å². The highest BCUT2D eigenvalue weighted by Crippen LogP contribution is 2.35. The molecule has 3 fully saturated rings. The Bertz CT molecular complexity index is 421. The van der Waals surface area contributed by atoms with Crippen LogP contribution in [0, 0.1) is 0 Å². The number of hydrogen-bond acceptors (Lipinski definition) is 5. The van der Waals surface area contributed by atoms with Crippen molar-refractivity contribution in [3.8, 4) is 0 Å². The zero-order valence-electron chi connectivity index (χ0n) is 9.64. The molecule has 5 atom stereocenters. The van der Waals surface area contributed by atoms with Crippen LogP contribution in [-0.2, 0) is 18.8 Å². The van der Waals surface area contributed by atoms with Gasteiger partial charge in [0, 0.05) is 0 Å². The number of aliphatic hydroxyl groups is 1. The largest absolute Gasteiger partial charge is 0.494 e.